The molecule has 2 aromatic rings. The van der Waals surface area contributed by atoms with Crippen molar-refractivity contribution >= 4 is 40.2 Å². The van der Waals surface area contributed by atoms with E-state index in [9.17, 15) is 4.39 Å². The Morgan fingerprint density at radius 2 is 1.94 bits per heavy atom. The Hall–Kier alpha value is -0.770. The lowest BCUT2D eigenvalue weighted by atomic mass is 10.1. The van der Waals surface area contributed by atoms with Crippen molar-refractivity contribution in [3.8, 4) is 0 Å². The van der Waals surface area contributed by atoms with Crippen LogP contribution in [0.3, 0.4) is 0 Å². The van der Waals surface area contributed by atoms with Crippen molar-refractivity contribution in [3.63, 3.8) is 0 Å². The first-order chi connectivity index (χ1) is 8.08. The molecule has 0 aliphatic carbocycles. The Morgan fingerprint density at radius 3 is 2.47 bits per heavy atom. The molecule has 1 atom stereocenters. The van der Waals surface area contributed by atoms with Gasteiger partial charge < -0.3 is 5.32 Å². The highest BCUT2D eigenvalue weighted by molar-refractivity contribution is 7.08. The van der Waals surface area contributed by atoms with E-state index in [1.165, 1.54) is 17.7 Å². The summed E-state index contributed by atoms with van der Waals surface area (Å²) in [5.41, 5.74) is 1.88. The number of hydrogen-bond donors (Lipinski definition) is 1. The summed E-state index contributed by atoms with van der Waals surface area (Å²) in [6.45, 7) is 2.02. The highest BCUT2D eigenvalue weighted by atomic mass is 35.5. The third-order valence-corrected chi connectivity index (χ3v) is 3.66. The molecule has 0 aliphatic rings. The Balaban J connectivity index is 2.19. The van der Waals surface area contributed by atoms with Crippen LogP contribution in [0.2, 0.25) is 10.0 Å². The van der Waals surface area contributed by atoms with Crippen molar-refractivity contribution in [1.29, 1.82) is 0 Å². The lowest BCUT2D eigenvalue weighted by molar-refractivity contribution is 0.628. The second-order valence-corrected chi connectivity index (χ2v) is 5.27. The van der Waals surface area contributed by atoms with Gasteiger partial charge in [-0.25, -0.2) is 4.39 Å². The maximum atomic E-state index is 13.2. The molecule has 1 heterocycles. The van der Waals surface area contributed by atoms with E-state index in [-0.39, 0.29) is 16.1 Å². The summed E-state index contributed by atoms with van der Waals surface area (Å²) in [5, 5.41) is 7.35. The number of halogens is 3. The van der Waals surface area contributed by atoms with E-state index < -0.39 is 5.82 Å². The number of rotatable bonds is 3. The van der Waals surface area contributed by atoms with E-state index in [1.54, 1.807) is 11.3 Å². The average molecular weight is 290 g/mol. The topological polar surface area (TPSA) is 12.0 Å². The second kappa shape index (κ2) is 5.25. The van der Waals surface area contributed by atoms with Gasteiger partial charge in [-0.2, -0.15) is 11.3 Å². The van der Waals surface area contributed by atoms with Gasteiger partial charge in [-0.1, -0.05) is 23.2 Å². The summed E-state index contributed by atoms with van der Waals surface area (Å²) in [6.07, 6.45) is 0. The Bertz CT molecular complexity index is 490. The van der Waals surface area contributed by atoms with Crippen molar-refractivity contribution < 1.29 is 4.39 Å². The number of anilines is 1. The molecule has 1 nitrogen and oxygen atoms in total. The lowest BCUT2D eigenvalue weighted by Crippen LogP contribution is -2.05. The zero-order valence-corrected chi connectivity index (χ0v) is 11.3. The van der Waals surface area contributed by atoms with Gasteiger partial charge in [0.25, 0.3) is 0 Å². The Morgan fingerprint density at radius 1 is 1.29 bits per heavy atom. The first kappa shape index (κ1) is 12.7. The van der Waals surface area contributed by atoms with Crippen LogP contribution >= 0.6 is 34.5 Å². The molecule has 1 N–H and O–H groups in total. The fraction of sp³-hybridized carbons (Fsp3) is 0.167. The fourth-order valence-electron chi connectivity index (χ4n) is 1.49. The van der Waals surface area contributed by atoms with Crippen molar-refractivity contribution in [2.24, 2.45) is 0 Å². The average Bonchev–Trinajstić information content (AvgIpc) is 2.79. The maximum absolute atomic E-state index is 13.2. The maximum Gasteiger partial charge on any atom is 0.160 e. The summed E-state index contributed by atoms with van der Waals surface area (Å²) in [7, 11) is 0. The zero-order chi connectivity index (χ0) is 12.4. The Kier molecular flexibility index (Phi) is 3.92. The normalized spacial score (nSPS) is 12.5. The van der Waals surface area contributed by atoms with Gasteiger partial charge in [0.05, 0.1) is 10.0 Å². The van der Waals surface area contributed by atoms with Gasteiger partial charge in [0, 0.05) is 11.7 Å². The largest absolute Gasteiger partial charge is 0.378 e. The molecule has 90 valence electrons. The zero-order valence-electron chi connectivity index (χ0n) is 9.01. The summed E-state index contributed by atoms with van der Waals surface area (Å²) < 4.78 is 13.2. The van der Waals surface area contributed by atoms with Crippen LogP contribution in [0, 0.1) is 5.82 Å². The van der Waals surface area contributed by atoms with Gasteiger partial charge in [0.15, 0.2) is 5.82 Å². The first-order valence-corrected chi connectivity index (χ1v) is 6.71. The van der Waals surface area contributed by atoms with Crippen LogP contribution in [0.5, 0.6) is 0 Å². The second-order valence-electron chi connectivity index (χ2n) is 3.68. The molecule has 2 rings (SSSR count). The van der Waals surface area contributed by atoms with Gasteiger partial charge in [-0.3, -0.25) is 0 Å². The SMILES string of the molecule is CC(Nc1cc(Cl)c(F)c(Cl)c1)c1ccsc1. The van der Waals surface area contributed by atoms with Crippen molar-refractivity contribution in [3.05, 3.63) is 50.4 Å². The first-order valence-electron chi connectivity index (χ1n) is 5.01. The third kappa shape index (κ3) is 2.92. The van der Waals surface area contributed by atoms with Crippen LogP contribution < -0.4 is 5.32 Å². The molecule has 0 spiro atoms. The third-order valence-electron chi connectivity index (χ3n) is 2.41. The van der Waals surface area contributed by atoms with Crippen molar-refractivity contribution in [2.75, 3.05) is 5.32 Å². The van der Waals surface area contributed by atoms with E-state index in [2.05, 4.69) is 10.7 Å². The van der Waals surface area contributed by atoms with E-state index >= 15 is 0 Å². The van der Waals surface area contributed by atoms with Crippen LogP contribution in [-0.4, -0.2) is 0 Å². The molecule has 1 aromatic carbocycles. The lowest BCUT2D eigenvalue weighted by Gasteiger charge is -2.14. The van der Waals surface area contributed by atoms with Crippen LogP contribution in [0.1, 0.15) is 18.5 Å². The number of nitrogens with one attached hydrogen (secondary N) is 1. The molecule has 1 aromatic heterocycles. The number of thiophene rings is 1. The van der Waals surface area contributed by atoms with Gasteiger partial charge in [-0.05, 0) is 41.4 Å². The molecule has 5 heteroatoms. The number of hydrogen-bond acceptors (Lipinski definition) is 2. The molecule has 0 bridgehead atoms. The standard InChI is InChI=1S/C12H10Cl2FNS/c1-7(8-2-3-17-6-8)16-9-4-10(13)12(15)11(14)5-9/h2-7,16H,1H3. The Labute approximate surface area is 113 Å². The molecule has 0 aliphatic heterocycles. The van der Waals surface area contributed by atoms with E-state index in [1.807, 2.05) is 18.4 Å². The highest BCUT2D eigenvalue weighted by Gasteiger charge is 2.10. The molecule has 0 saturated heterocycles. The number of benzene rings is 1. The van der Waals surface area contributed by atoms with E-state index in [4.69, 9.17) is 23.2 Å². The summed E-state index contributed by atoms with van der Waals surface area (Å²) in [5.74, 6) is -0.581. The van der Waals surface area contributed by atoms with Crippen LogP contribution in [0.4, 0.5) is 10.1 Å². The van der Waals surface area contributed by atoms with E-state index in [0.717, 1.165) is 0 Å². The molecule has 0 radical (unpaired) electrons. The monoisotopic (exact) mass is 289 g/mol. The minimum Gasteiger partial charge on any atom is -0.378 e. The quantitative estimate of drug-likeness (QED) is 0.750. The van der Waals surface area contributed by atoms with Crippen molar-refractivity contribution in [2.45, 2.75) is 13.0 Å². The highest BCUT2D eigenvalue weighted by Crippen LogP contribution is 2.29. The predicted molar refractivity (Wildman–Crippen MR) is 72.8 cm³/mol. The van der Waals surface area contributed by atoms with Gasteiger partial charge >= 0.3 is 0 Å². The smallest absolute Gasteiger partial charge is 0.160 e. The minimum absolute atomic E-state index is 0.0255. The summed E-state index contributed by atoms with van der Waals surface area (Å²) >= 11 is 13.1. The van der Waals surface area contributed by atoms with Crippen LogP contribution in [0.25, 0.3) is 0 Å². The molecule has 17 heavy (non-hydrogen) atoms. The summed E-state index contributed by atoms with van der Waals surface area (Å²) in [4.78, 5) is 0. The van der Waals surface area contributed by atoms with Crippen molar-refractivity contribution in [1.82, 2.24) is 0 Å². The molecular formula is C12H10Cl2FNS. The van der Waals surface area contributed by atoms with Gasteiger partial charge in [0.2, 0.25) is 0 Å². The van der Waals surface area contributed by atoms with Crippen LogP contribution in [-0.2, 0) is 0 Å². The molecule has 1 unspecified atom stereocenters. The fourth-order valence-corrected chi connectivity index (χ4v) is 2.73. The van der Waals surface area contributed by atoms with E-state index in [0.29, 0.717) is 5.69 Å². The molecular weight excluding hydrogens is 280 g/mol. The van der Waals surface area contributed by atoms with Crippen LogP contribution in [0.15, 0.2) is 29.0 Å². The predicted octanol–water partition coefficient (Wildman–Crippen LogP) is 5.37. The minimum atomic E-state index is -0.581. The molecule has 0 amide bonds. The molecule has 0 fully saturated rings. The summed E-state index contributed by atoms with van der Waals surface area (Å²) in [6, 6.07) is 5.23. The molecule has 0 saturated carbocycles. The van der Waals surface area contributed by atoms with Gasteiger partial charge in [0.1, 0.15) is 0 Å². The van der Waals surface area contributed by atoms with Gasteiger partial charge in [-0.15, -0.1) is 0 Å².